The van der Waals surface area contributed by atoms with Gasteiger partial charge in [0, 0.05) is 31.4 Å². The largest absolute Gasteiger partial charge is 0.503 e. The molecule has 0 spiro atoms. The lowest BCUT2D eigenvalue weighted by Gasteiger charge is -2.32. The second-order valence-electron chi connectivity index (χ2n) is 6.93. The first kappa shape index (κ1) is 16.1. The first-order valence-corrected chi connectivity index (χ1v) is 8.03. The zero-order chi connectivity index (χ0) is 15.6. The zero-order valence-corrected chi connectivity index (χ0v) is 13.7. The summed E-state index contributed by atoms with van der Waals surface area (Å²) in [5.41, 5.74) is 1.46. The van der Waals surface area contributed by atoms with E-state index in [9.17, 15) is 9.90 Å². The third kappa shape index (κ3) is 3.88. The van der Waals surface area contributed by atoms with Gasteiger partial charge in [-0.15, -0.1) is 0 Å². The molecule has 1 aromatic heterocycles. The van der Waals surface area contributed by atoms with Crippen LogP contribution in [0.2, 0.25) is 0 Å². The van der Waals surface area contributed by atoms with Crippen LogP contribution in [-0.2, 0) is 13.1 Å². The molecule has 2 rings (SSSR count). The number of hydrogen-bond acceptors (Lipinski definition) is 3. The van der Waals surface area contributed by atoms with Gasteiger partial charge in [-0.25, -0.2) is 0 Å². The molecule has 1 aliphatic heterocycles. The Bertz CT molecular complexity index is 548. The van der Waals surface area contributed by atoms with Gasteiger partial charge in [-0.3, -0.25) is 9.69 Å². The lowest BCUT2D eigenvalue weighted by atomic mass is 10.00. The number of likely N-dealkylation sites (tertiary alicyclic amines) is 1. The number of pyridine rings is 1. The number of hydrogen-bond donors (Lipinski definition) is 1. The molecule has 1 unspecified atom stereocenters. The first-order chi connectivity index (χ1) is 9.88. The summed E-state index contributed by atoms with van der Waals surface area (Å²) >= 11 is 0. The van der Waals surface area contributed by atoms with Crippen LogP contribution in [-0.4, -0.2) is 27.7 Å². The Kier molecular flexibility index (Phi) is 5.09. The van der Waals surface area contributed by atoms with Crippen molar-refractivity contribution >= 4 is 0 Å². The van der Waals surface area contributed by atoms with Crippen LogP contribution < -0.4 is 5.43 Å². The fraction of sp³-hybridized carbons (Fsp3) is 0.706. The highest BCUT2D eigenvalue weighted by Gasteiger charge is 2.21. The molecule has 1 N–H and O–H groups in total. The third-order valence-corrected chi connectivity index (χ3v) is 4.26. The van der Waals surface area contributed by atoms with Crippen LogP contribution in [0.15, 0.2) is 10.9 Å². The van der Waals surface area contributed by atoms with Crippen molar-refractivity contribution in [2.75, 3.05) is 13.1 Å². The van der Waals surface area contributed by atoms with Gasteiger partial charge in [0.05, 0.1) is 5.69 Å². The summed E-state index contributed by atoms with van der Waals surface area (Å²) in [6.45, 7) is 12.1. The average Bonchev–Trinajstić information content (AvgIpc) is 2.40. The lowest BCUT2D eigenvalue weighted by molar-refractivity contribution is 0.169. The summed E-state index contributed by atoms with van der Waals surface area (Å²) in [4.78, 5) is 14.3. The standard InChI is InChI=1S/C17H28N2O2/c1-12(2)9-19-14(4)8-16(20)17(21)15(19)11-18-7-5-6-13(3)10-18/h8,12-13,21H,5-7,9-11H2,1-4H3. The van der Waals surface area contributed by atoms with E-state index < -0.39 is 0 Å². The van der Waals surface area contributed by atoms with Gasteiger partial charge in [0.25, 0.3) is 0 Å². The minimum Gasteiger partial charge on any atom is -0.503 e. The minimum atomic E-state index is -0.257. The predicted octanol–water partition coefficient (Wildman–Crippen LogP) is 2.75. The van der Waals surface area contributed by atoms with Crippen LogP contribution in [0, 0.1) is 18.8 Å². The second-order valence-corrected chi connectivity index (χ2v) is 6.93. The summed E-state index contributed by atoms with van der Waals surface area (Å²) < 4.78 is 2.11. The molecule has 4 nitrogen and oxygen atoms in total. The fourth-order valence-electron chi connectivity index (χ4n) is 3.24. The highest BCUT2D eigenvalue weighted by molar-refractivity contribution is 5.30. The molecule has 0 amide bonds. The summed E-state index contributed by atoms with van der Waals surface area (Å²) in [6, 6.07) is 1.54. The van der Waals surface area contributed by atoms with Crippen LogP contribution in [0.4, 0.5) is 0 Å². The zero-order valence-electron chi connectivity index (χ0n) is 13.7. The molecule has 0 aromatic carbocycles. The molecule has 0 bridgehead atoms. The van der Waals surface area contributed by atoms with E-state index >= 15 is 0 Å². The molecular formula is C17H28N2O2. The molecule has 1 fully saturated rings. The molecule has 21 heavy (non-hydrogen) atoms. The summed E-state index contributed by atoms with van der Waals surface area (Å²) in [7, 11) is 0. The smallest absolute Gasteiger partial charge is 0.223 e. The van der Waals surface area contributed by atoms with E-state index in [1.165, 1.54) is 12.8 Å². The molecule has 1 saturated heterocycles. The van der Waals surface area contributed by atoms with E-state index in [-0.39, 0.29) is 11.2 Å². The third-order valence-electron chi connectivity index (χ3n) is 4.26. The topological polar surface area (TPSA) is 45.5 Å². The van der Waals surface area contributed by atoms with Gasteiger partial charge in [0.1, 0.15) is 0 Å². The van der Waals surface area contributed by atoms with E-state index in [2.05, 4.69) is 30.2 Å². The minimum absolute atomic E-state index is 0.0699. The molecule has 1 atom stereocenters. The Labute approximate surface area is 127 Å². The van der Waals surface area contributed by atoms with E-state index in [4.69, 9.17) is 0 Å². The van der Waals surface area contributed by atoms with E-state index in [1.807, 2.05) is 6.92 Å². The van der Waals surface area contributed by atoms with Gasteiger partial charge >= 0.3 is 0 Å². The number of piperidine rings is 1. The summed E-state index contributed by atoms with van der Waals surface area (Å²) in [5.74, 6) is 1.10. The first-order valence-electron chi connectivity index (χ1n) is 8.03. The Morgan fingerprint density at radius 3 is 2.76 bits per heavy atom. The fourth-order valence-corrected chi connectivity index (χ4v) is 3.24. The molecule has 1 aliphatic rings. The molecule has 2 heterocycles. The monoisotopic (exact) mass is 292 g/mol. The SMILES string of the molecule is Cc1cc(=O)c(O)c(CN2CCCC(C)C2)n1CC(C)C. The molecule has 0 aliphatic carbocycles. The highest BCUT2D eigenvalue weighted by Crippen LogP contribution is 2.22. The van der Waals surface area contributed by atoms with Crippen LogP contribution in [0.25, 0.3) is 0 Å². The highest BCUT2D eigenvalue weighted by atomic mass is 16.3. The Morgan fingerprint density at radius 2 is 2.14 bits per heavy atom. The Hall–Kier alpha value is -1.29. The van der Waals surface area contributed by atoms with Crippen molar-refractivity contribution in [3.8, 4) is 5.75 Å². The van der Waals surface area contributed by atoms with Gasteiger partial charge in [0.2, 0.25) is 5.43 Å². The van der Waals surface area contributed by atoms with Crippen molar-refractivity contribution in [3.63, 3.8) is 0 Å². The van der Waals surface area contributed by atoms with Crippen molar-refractivity contribution in [3.05, 3.63) is 27.7 Å². The van der Waals surface area contributed by atoms with Gasteiger partial charge < -0.3 is 9.67 Å². The van der Waals surface area contributed by atoms with Crippen molar-refractivity contribution in [1.82, 2.24) is 9.47 Å². The van der Waals surface area contributed by atoms with Crippen LogP contribution >= 0.6 is 0 Å². The maximum absolute atomic E-state index is 11.9. The average molecular weight is 292 g/mol. The molecular weight excluding hydrogens is 264 g/mol. The quantitative estimate of drug-likeness (QED) is 0.928. The lowest BCUT2D eigenvalue weighted by Crippen LogP contribution is -2.35. The van der Waals surface area contributed by atoms with Gasteiger partial charge in [0.15, 0.2) is 5.75 Å². The molecule has 0 saturated carbocycles. The van der Waals surface area contributed by atoms with Gasteiger partial charge in [-0.2, -0.15) is 0 Å². The predicted molar refractivity (Wildman–Crippen MR) is 85.6 cm³/mol. The number of nitrogens with zero attached hydrogens (tertiary/aromatic N) is 2. The van der Waals surface area contributed by atoms with Gasteiger partial charge in [-0.1, -0.05) is 20.8 Å². The van der Waals surface area contributed by atoms with Gasteiger partial charge in [-0.05, 0) is 38.1 Å². The van der Waals surface area contributed by atoms with Crippen LogP contribution in [0.3, 0.4) is 0 Å². The Balaban J connectivity index is 2.33. The number of aryl methyl sites for hydroxylation is 1. The summed E-state index contributed by atoms with van der Waals surface area (Å²) in [5, 5.41) is 10.3. The van der Waals surface area contributed by atoms with E-state index in [0.29, 0.717) is 18.4 Å². The van der Waals surface area contributed by atoms with Crippen LogP contribution in [0.1, 0.15) is 45.0 Å². The van der Waals surface area contributed by atoms with E-state index in [0.717, 1.165) is 31.0 Å². The second kappa shape index (κ2) is 6.65. The van der Waals surface area contributed by atoms with Crippen molar-refractivity contribution in [1.29, 1.82) is 0 Å². The van der Waals surface area contributed by atoms with Crippen molar-refractivity contribution < 1.29 is 5.11 Å². The Morgan fingerprint density at radius 1 is 1.43 bits per heavy atom. The summed E-state index contributed by atoms with van der Waals surface area (Å²) in [6.07, 6.45) is 2.47. The maximum atomic E-state index is 11.9. The van der Waals surface area contributed by atoms with Crippen molar-refractivity contribution in [2.45, 2.75) is 53.6 Å². The molecule has 118 valence electrons. The number of rotatable bonds is 4. The number of aromatic nitrogens is 1. The maximum Gasteiger partial charge on any atom is 0.223 e. The van der Waals surface area contributed by atoms with E-state index in [1.54, 1.807) is 6.07 Å². The number of aromatic hydroxyl groups is 1. The van der Waals surface area contributed by atoms with Crippen LogP contribution in [0.5, 0.6) is 5.75 Å². The molecule has 1 aromatic rings. The molecule has 0 radical (unpaired) electrons. The van der Waals surface area contributed by atoms with Crippen molar-refractivity contribution in [2.24, 2.45) is 11.8 Å². The normalized spacial score (nSPS) is 20.1. The molecule has 4 heteroatoms.